The minimum Gasteiger partial charge on any atom is -0.368 e. The second-order valence-corrected chi connectivity index (χ2v) is 2.61. The molecule has 2 aromatic rings. The zero-order valence-electron chi connectivity index (χ0n) is 7.31. The van der Waals surface area contributed by atoms with E-state index < -0.39 is 0 Å². The fourth-order valence-corrected chi connectivity index (χ4v) is 0.951. The van der Waals surface area contributed by atoms with Crippen LogP contribution in [0.15, 0.2) is 18.3 Å². The second-order valence-electron chi connectivity index (χ2n) is 2.61. The number of aromatic amines is 1. The van der Waals surface area contributed by atoms with E-state index in [0.717, 1.165) is 5.69 Å². The van der Waals surface area contributed by atoms with Crippen molar-refractivity contribution in [3.05, 3.63) is 24.0 Å². The molecule has 0 aliphatic carbocycles. The topological polar surface area (TPSA) is 105 Å². The standard InChI is InChI=1S/C7H9N7/c8-6-11-7(14-13-6)9-4-5-2-1-3-10-12-5/h1-3H,4H2,(H4,8,9,11,13,14). The second kappa shape index (κ2) is 3.69. The summed E-state index contributed by atoms with van der Waals surface area (Å²) in [4.78, 5) is 3.88. The number of nitrogens with zero attached hydrogens (tertiary/aromatic N) is 4. The SMILES string of the molecule is Nc1nc(NCc2cccnn2)n[nH]1. The first-order valence-electron chi connectivity index (χ1n) is 4.03. The van der Waals surface area contributed by atoms with E-state index in [0.29, 0.717) is 12.5 Å². The van der Waals surface area contributed by atoms with Gasteiger partial charge in [-0.1, -0.05) is 0 Å². The van der Waals surface area contributed by atoms with Crippen LogP contribution in [0.4, 0.5) is 11.9 Å². The van der Waals surface area contributed by atoms with Gasteiger partial charge >= 0.3 is 0 Å². The van der Waals surface area contributed by atoms with Gasteiger partial charge < -0.3 is 11.1 Å². The Hall–Kier alpha value is -2.18. The number of hydrogen-bond donors (Lipinski definition) is 3. The van der Waals surface area contributed by atoms with Crippen molar-refractivity contribution in [3.8, 4) is 0 Å². The third kappa shape index (κ3) is 1.94. The van der Waals surface area contributed by atoms with Gasteiger partial charge in [0.05, 0.1) is 12.2 Å². The molecule has 0 spiro atoms. The van der Waals surface area contributed by atoms with Gasteiger partial charge in [0.1, 0.15) is 0 Å². The molecule has 0 fully saturated rings. The highest BCUT2D eigenvalue weighted by molar-refractivity contribution is 5.30. The lowest BCUT2D eigenvalue weighted by Crippen LogP contribution is -2.03. The molecule has 0 atom stereocenters. The first kappa shape index (κ1) is 8.42. The molecule has 2 heterocycles. The van der Waals surface area contributed by atoms with E-state index in [9.17, 15) is 0 Å². The van der Waals surface area contributed by atoms with E-state index in [4.69, 9.17) is 5.73 Å². The van der Waals surface area contributed by atoms with E-state index in [-0.39, 0.29) is 5.95 Å². The summed E-state index contributed by atoms with van der Waals surface area (Å²) >= 11 is 0. The summed E-state index contributed by atoms with van der Waals surface area (Å²) in [5, 5.41) is 16.9. The van der Waals surface area contributed by atoms with Crippen LogP contribution in [0.1, 0.15) is 5.69 Å². The Bertz CT molecular complexity index is 395. The quantitative estimate of drug-likeness (QED) is 0.619. The molecule has 0 aliphatic heterocycles. The predicted octanol–water partition coefficient (Wildman–Crippen LogP) is -0.211. The summed E-state index contributed by atoms with van der Waals surface area (Å²) in [5.74, 6) is 0.736. The predicted molar refractivity (Wildman–Crippen MR) is 50.2 cm³/mol. The largest absolute Gasteiger partial charge is 0.368 e. The molecule has 72 valence electrons. The molecule has 0 saturated heterocycles. The van der Waals surface area contributed by atoms with Crippen LogP contribution in [-0.2, 0) is 6.54 Å². The summed E-state index contributed by atoms with van der Waals surface area (Å²) in [7, 11) is 0. The molecule has 0 radical (unpaired) electrons. The molecule has 2 aromatic heterocycles. The summed E-state index contributed by atoms with van der Waals surface area (Å²) < 4.78 is 0. The Morgan fingerprint density at radius 1 is 1.50 bits per heavy atom. The van der Waals surface area contributed by atoms with Gasteiger partial charge in [-0.25, -0.2) is 5.10 Å². The summed E-state index contributed by atoms with van der Waals surface area (Å²) in [6, 6.07) is 3.67. The molecule has 0 unspecified atom stereocenters. The maximum atomic E-state index is 5.35. The number of aromatic nitrogens is 5. The highest BCUT2D eigenvalue weighted by Gasteiger charge is 1.99. The van der Waals surface area contributed by atoms with Gasteiger partial charge in [-0.2, -0.15) is 15.2 Å². The first-order chi connectivity index (χ1) is 6.84. The number of nitrogen functional groups attached to an aromatic ring is 1. The molecule has 7 heteroatoms. The Morgan fingerprint density at radius 2 is 2.43 bits per heavy atom. The maximum absolute atomic E-state index is 5.35. The van der Waals surface area contributed by atoms with Crippen molar-refractivity contribution >= 4 is 11.9 Å². The fourth-order valence-electron chi connectivity index (χ4n) is 0.951. The molecule has 0 amide bonds. The number of H-pyrrole nitrogens is 1. The van der Waals surface area contributed by atoms with Crippen LogP contribution in [0.5, 0.6) is 0 Å². The van der Waals surface area contributed by atoms with E-state index >= 15 is 0 Å². The van der Waals surface area contributed by atoms with Gasteiger partial charge in [0, 0.05) is 6.20 Å². The van der Waals surface area contributed by atoms with Gasteiger partial charge in [0.25, 0.3) is 0 Å². The van der Waals surface area contributed by atoms with Crippen molar-refractivity contribution in [1.29, 1.82) is 0 Å². The number of anilines is 2. The molecule has 0 saturated carbocycles. The molecular formula is C7H9N7. The van der Waals surface area contributed by atoms with Crippen molar-refractivity contribution in [3.63, 3.8) is 0 Å². The molecule has 14 heavy (non-hydrogen) atoms. The molecule has 2 rings (SSSR count). The lowest BCUT2D eigenvalue weighted by molar-refractivity contribution is 0.914. The lowest BCUT2D eigenvalue weighted by Gasteiger charge is -1.98. The minimum absolute atomic E-state index is 0.284. The van der Waals surface area contributed by atoms with E-state index in [1.165, 1.54) is 0 Å². The maximum Gasteiger partial charge on any atom is 0.243 e. The van der Waals surface area contributed by atoms with E-state index in [1.807, 2.05) is 12.1 Å². The Kier molecular flexibility index (Phi) is 2.22. The summed E-state index contributed by atoms with van der Waals surface area (Å²) in [5.41, 5.74) is 6.17. The average Bonchev–Trinajstić information content (AvgIpc) is 2.63. The minimum atomic E-state index is 0.284. The Morgan fingerprint density at radius 3 is 3.07 bits per heavy atom. The summed E-state index contributed by atoms with van der Waals surface area (Å²) in [6.45, 7) is 0.519. The van der Waals surface area contributed by atoms with Crippen LogP contribution in [0.25, 0.3) is 0 Å². The fraction of sp³-hybridized carbons (Fsp3) is 0.143. The first-order valence-corrected chi connectivity index (χ1v) is 4.03. The zero-order chi connectivity index (χ0) is 9.80. The summed E-state index contributed by atoms with van der Waals surface area (Å²) in [6.07, 6.45) is 1.62. The lowest BCUT2D eigenvalue weighted by atomic mass is 10.4. The van der Waals surface area contributed by atoms with Gasteiger partial charge in [-0.05, 0) is 12.1 Å². The average molecular weight is 191 g/mol. The highest BCUT2D eigenvalue weighted by Crippen LogP contribution is 2.01. The highest BCUT2D eigenvalue weighted by atomic mass is 15.3. The van der Waals surface area contributed by atoms with Crippen molar-refractivity contribution in [2.75, 3.05) is 11.1 Å². The third-order valence-corrected chi connectivity index (χ3v) is 1.56. The normalized spacial score (nSPS) is 10.0. The van der Waals surface area contributed by atoms with Crippen molar-refractivity contribution < 1.29 is 0 Å². The number of nitrogens with two attached hydrogens (primary N) is 1. The van der Waals surface area contributed by atoms with Crippen LogP contribution in [0, 0.1) is 0 Å². The van der Waals surface area contributed by atoms with Crippen LogP contribution < -0.4 is 11.1 Å². The molecule has 7 nitrogen and oxygen atoms in total. The molecule has 0 bridgehead atoms. The van der Waals surface area contributed by atoms with Gasteiger partial charge in [-0.15, -0.1) is 5.10 Å². The van der Waals surface area contributed by atoms with Gasteiger partial charge in [0.15, 0.2) is 0 Å². The molecule has 0 aromatic carbocycles. The van der Waals surface area contributed by atoms with Crippen LogP contribution >= 0.6 is 0 Å². The smallest absolute Gasteiger partial charge is 0.243 e. The van der Waals surface area contributed by atoms with Crippen LogP contribution in [0.2, 0.25) is 0 Å². The Balaban J connectivity index is 1.95. The van der Waals surface area contributed by atoms with Crippen LogP contribution in [0.3, 0.4) is 0 Å². The molecular weight excluding hydrogens is 182 g/mol. The molecule has 0 aliphatic rings. The monoisotopic (exact) mass is 191 g/mol. The van der Waals surface area contributed by atoms with Crippen molar-refractivity contribution in [1.82, 2.24) is 25.4 Å². The third-order valence-electron chi connectivity index (χ3n) is 1.56. The van der Waals surface area contributed by atoms with Gasteiger partial charge in [-0.3, -0.25) is 0 Å². The van der Waals surface area contributed by atoms with Crippen molar-refractivity contribution in [2.24, 2.45) is 0 Å². The van der Waals surface area contributed by atoms with Crippen LogP contribution in [-0.4, -0.2) is 25.4 Å². The number of nitrogens with one attached hydrogen (secondary N) is 2. The molecule has 4 N–H and O–H groups in total. The van der Waals surface area contributed by atoms with E-state index in [2.05, 4.69) is 30.7 Å². The van der Waals surface area contributed by atoms with Gasteiger partial charge in [0.2, 0.25) is 11.9 Å². The zero-order valence-corrected chi connectivity index (χ0v) is 7.31. The Labute approximate surface area is 79.8 Å². The number of rotatable bonds is 3. The van der Waals surface area contributed by atoms with E-state index in [1.54, 1.807) is 6.20 Å². The number of hydrogen-bond acceptors (Lipinski definition) is 6. The van der Waals surface area contributed by atoms with Crippen molar-refractivity contribution in [2.45, 2.75) is 6.54 Å².